The minimum absolute atomic E-state index is 0.119. The largest absolute Gasteiger partial charge is 0.309 e. The zero-order valence-corrected chi connectivity index (χ0v) is 24.8. The minimum atomic E-state index is 0.119. The van der Waals surface area contributed by atoms with Gasteiger partial charge < -0.3 is 4.57 Å². The Morgan fingerprint density at radius 3 is 1.33 bits per heavy atom. The summed E-state index contributed by atoms with van der Waals surface area (Å²) in [6.45, 7) is 6.82. The molecule has 0 radical (unpaired) electrons. The fraction of sp³-hybridized carbons (Fsp3) is 0.0952. The lowest BCUT2D eigenvalue weighted by atomic mass is 9.83. The van der Waals surface area contributed by atoms with Crippen molar-refractivity contribution in [3.05, 3.63) is 151 Å². The molecule has 8 rings (SSSR count). The molecule has 0 aliphatic heterocycles. The molecule has 1 nitrogen and oxygen atoms in total. The number of hydrogen-bond donors (Lipinski definition) is 0. The van der Waals surface area contributed by atoms with Crippen LogP contribution in [0.3, 0.4) is 0 Å². The molecule has 0 fully saturated rings. The van der Waals surface area contributed by atoms with Crippen LogP contribution in [0.25, 0.3) is 71.3 Å². The highest BCUT2D eigenvalue weighted by Crippen LogP contribution is 2.44. The van der Waals surface area contributed by atoms with Crippen LogP contribution >= 0.6 is 0 Å². The molecule has 7 aromatic carbocycles. The van der Waals surface area contributed by atoms with E-state index in [0.717, 1.165) is 0 Å². The van der Waals surface area contributed by atoms with E-state index in [-0.39, 0.29) is 5.41 Å². The molecule has 0 saturated heterocycles. The Hall–Kier alpha value is -5.14. The van der Waals surface area contributed by atoms with Gasteiger partial charge in [0.15, 0.2) is 0 Å². The van der Waals surface area contributed by atoms with Gasteiger partial charge in [0.05, 0.1) is 11.0 Å². The third-order valence-electron chi connectivity index (χ3n) is 8.94. The van der Waals surface area contributed by atoms with Crippen molar-refractivity contribution in [3.63, 3.8) is 0 Å². The van der Waals surface area contributed by atoms with Crippen molar-refractivity contribution in [2.24, 2.45) is 0 Å². The van der Waals surface area contributed by atoms with E-state index in [1.807, 2.05) is 0 Å². The third kappa shape index (κ3) is 4.07. The molecule has 1 aromatic heterocycles. The molecular formula is C42H33N. The van der Waals surface area contributed by atoms with Crippen LogP contribution in [0.1, 0.15) is 26.3 Å². The summed E-state index contributed by atoms with van der Waals surface area (Å²) in [7, 11) is 0. The van der Waals surface area contributed by atoms with Crippen LogP contribution in [0.4, 0.5) is 0 Å². The predicted molar refractivity (Wildman–Crippen MR) is 185 cm³/mol. The van der Waals surface area contributed by atoms with Crippen LogP contribution in [0, 0.1) is 0 Å². The van der Waals surface area contributed by atoms with E-state index in [1.165, 1.54) is 76.9 Å². The van der Waals surface area contributed by atoms with Crippen LogP contribution in [0.5, 0.6) is 0 Å². The molecule has 0 spiro atoms. The van der Waals surface area contributed by atoms with Gasteiger partial charge >= 0.3 is 0 Å². The highest BCUT2D eigenvalue weighted by Gasteiger charge is 2.19. The number of hydrogen-bond acceptors (Lipinski definition) is 0. The summed E-state index contributed by atoms with van der Waals surface area (Å²) in [5.41, 5.74) is 10.2. The molecule has 1 heterocycles. The topological polar surface area (TPSA) is 4.93 Å². The van der Waals surface area contributed by atoms with Crippen molar-refractivity contribution in [2.45, 2.75) is 26.2 Å². The molecule has 0 aliphatic carbocycles. The molecule has 0 aliphatic rings. The first-order valence-electron chi connectivity index (χ1n) is 15.1. The van der Waals surface area contributed by atoms with Crippen LogP contribution in [0.15, 0.2) is 146 Å². The molecule has 0 amide bonds. The Bertz CT molecular complexity index is 2200. The highest BCUT2D eigenvalue weighted by atomic mass is 15.0. The van der Waals surface area contributed by atoms with E-state index in [2.05, 4.69) is 171 Å². The second-order valence-electron chi connectivity index (χ2n) is 12.6. The van der Waals surface area contributed by atoms with Gasteiger partial charge in [0.1, 0.15) is 0 Å². The maximum Gasteiger partial charge on any atom is 0.0541 e. The van der Waals surface area contributed by atoms with Gasteiger partial charge in [-0.15, -0.1) is 0 Å². The second-order valence-corrected chi connectivity index (χ2v) is 12.6. The molecule has 0 N–H and O–H groups in total. The van der Waals surface area contributed by atoms with Crippen molar-refractivity contribution in [3.8, 4) is 27.9 Å². The van der Waals surface area contributed by atoms with Crippen molar-refractivity contribution in [2.75, 3.05) is 0 Å². The quantitative estimate of drug-likeness (QED) is 0.192. The summed E-state index contributed by atoms with van der Waals surface area (Å²) in [5.74, 6) is 0. The smallest absolute Gasteiger partial charge is 0.0541 e. The molecule has 8 aromatic rings. The third-order valence-corrected chi connectivity index (χ3v) is 8.94. The van der Waals surface area contributed by atoms with Gasteiger partial charge in [-0.3, -0.25) is 0 Å². The summed E-state index contributed by atoms with van der Waals surface area (Å²) in [5, 5.41) is 7.66. The zero-order valence-electron chi connectivity index (χ0n) is 24.8. The lowest BCUT2D eigenvalue weighted by Gasteiger charge is -2.21. The molecule has 1 heteroatoms. The van der Waals surface area contributed by atoms with Gasteiger partial charge in [-0.25, -0.2) is 0 Å². The van der Waals surface area contributed by atoms with Gasteiger partial charge in [0.2, 0.25) is 0 Å². The average Bonchev–Trinajstić information content (AvgIpc) is 3.38. The molecule has 0 unspecified atom stereocenters. The van der Waals surface area contributed by atoms with Crippen LogP contribution in [-0.2, 0) is 5.41 Å². The zero-order chi connectivity index (χ0) is 29.1. The molecule has 43 heavy (non-hydrogen) atoms. The van der Waals surface area contributed by atoms with Gasteiger partial charge in [-0.2, -0.15) is 0 Å². The molecule has 206 valence electrons. The normalized spacial score (nSPS) is 12.1. The first kappa shape index (κ1) is 25.6. The standard InChI is InChI=1S/C42H33N/c1-42(2,3)30-25-23-28(24-26-30)40-34-17-4-6-19-36(34)41(37-20-7-5-18-35(37)40)29-13-12-14-31(27-29)43-38-21-10-8-15-32(38)33-16-9-11-22-39(33)43/h4-27H,1-3H3. The Morgan fingerprint density at radius 1 is 0.395 bits per heavy atom. The monoisotopic (exact) mass is 551 g/mol. The van der Waals surface area contributed by atoms with E-state index in [9.17, 15) is 0 Å². The number of aromatic nitrogens is 1. The molecule has 0 atom stereocenters. The number of nitrogens with zero attached hydrogens (tertiary/aromatic N) is 1. The summed E-state index contributed by atoms with van der Waals surface area (Å²) < 4.78 is 2.41. The summed E-state index contributed by atoms with van der Waals surface area (Å²) >= 11 is 0. The van der Waals surface area contributed by atoms with Gasteiger partial charge in [0.25, 0.3) is 0 Å². The number of benzene rings is 7. The number of fused-ring (bicyclic) bond motifs is 5. The van der Waals surface area contributed by atoms with Crippen LogP contribution in [0.2, 0.25) is 0 Å². The van der Waals surface area contributed by atoms with Crippen molar-refractivity contribution < 1.29 is 0 Å². The van der Waals surface area contributed by atoms with Crippen molar-refractivity contribution in [1.29, 1.82) is 0 Å². The summed E-state index contributed by atoms with van der Waals surface area (Å²) in [6, 6.07) is 53.5. The maximum atomic E-state index is 2.41. The second kappa shape index (κ2) is 9.71. The first-order chi connectivity index (χ1) is 21.0. The van der Waals surface area contributed by atoms with Crippen molar-refractivity contribution in [1.82, 2.24) is 4.57 Å². The SMILES string of the molecule is CC(C)(C)c1ccc(-c2c3ccccc3c(-c3cccc(-n4c5ccccc5c5ccccc54)c3)c3ccccc23)cc1. The fourth-order valence-electron chi connectivity index (χ4n) is 6.89. The van der Waals surface area contributed by atoms with E-state index < -0.39 is 0 Å². The Labute approximate surface area is 252 Å². The predicted octanol–water partition coefficient (Wildman–Crippen LogP) is 11.7. The van der Waals surface area contributed by atoms with E-state index in [0.29, 0.717) is 0 Å². The van der Waals surface area contributed by atoms with E-state index >= 15 is 0 Å². The summed E-state index contributed by atoms with van der Waals surface area (Å²) in [6.07, 6.45) is 0. The van der Waals surface area contributed by atoms with Gasteiger partial charge in [0, 0.05) is 16.5 Å². The van der Waals surface area contributed by atoms with E-state index in [1.54, 1.807) is 0 Å². The fourth-order valence-corrected chi connectivity index (χ4v) is 6.89. The number of para-hydroxylation sites is 2. The average molecular weight is 552 g/mol. The Kier molecular flexibility index (Phi) is 5.77. The molecular weight excluding hydrogens is 518 g/mol. The minimum Gasteiger partial charge on any atom is -0.309 e. The van der Waals surface area contributed by atoms with Gasteiger partial charge in [-0.1, -0.05) is 142 Å². The lowest BCUT2D eigenvalue weighted by Crippen LogP contribution is -2.10. The first-order valence-corrected chi connectivity index (χ1v) is 15.1. The summed E-state index contributed by atoms with van der Waals surface area (Å²) in [4.78, 5) is 0. The van der Waals surface area contributed by atoms with Crippen LogP contribution < -0.4 is 0 Å². The highest BCUT2D eigenvalue weighted by molar-refractivity contribution is 6.21. The Balaban J connectivity index is 1.40. The maximum absolute atomic E-state index is 2.41. The lowest BCUT2D eigenvalue weighted by molar-refractivity contribution is 0.590. The molecule has 0 saturated carbocycles. The van der Waals surface area contributed by atoms with Gasteiger partial charge in [-0.05, 0) is 79.0 Å². The molecule has 0 bridgehead atoms. The Morgan fingerprint density at radius 2 is 0.837 bits per heavy atom. The van der Waals surface area contributed by atoms with Crippen LogP contribution in [-0.4, -0.2) is 4.57 Å². The van der Waals surface area contributed by atoms with Crippen molar-refractivity contribution >= 4 is 43.4 Å². The number of rotatable bonds is 3. The van der Waals surface area contributed by atoms with E-state index in [4.69, 9.17) is 0 Å².